The van der Waals surface area contributed by atoms with E-state index in [9.17, 15) is 9.18 Å². The van der Waals surface area contributed by atoms with E-state index in [-0.39, 0.29) is 17.4 Å². The molecule has 3 aromatic rings. The number of piperidine rings is 1. The summed E-state index contributed by atoms with van der Waals surface area (Å²) in [5, 5.41) is 13.1. The molecular weight excluding hydrogens is 351 g/mol. The number of benzene rings is 1. The van der Waals surface area contributed by atoms with E-state index in [1.54, 1.807) is 24.3 Å². The minimum atomic E-state index is -1.05. The van der Waals surface area contributed by atoms with E-state index in [0.717, 1.165) is 19.4 Å². The van der Waals surface area contributed by atoms with Gasteiger partial charge in [0.15, 0.2) is 5.69 Å². The molecule has 1 aliphatic rings. The molecule has 3 heterocycles. The van der Waals surface area contributed by atoms with Crippen molar-refractivity contribution < 1.29 is 18.8 Å². The molecule has 138 valence electrons. The Balaban J connectivity index is 1.53. The van der Waals surface area contributed by atoms with Crippen LogP contribution < -0.4 is 4.90 Å². The zero-order valence-corrected chi connectivity index (χ0v) is 14.4. The maximum Gasteiger partial charge on any atom is 0.354 e. The number of pyridine rings is 1. The van der Waals surface area contributed by atoms with Crippen LogP contribution in [0.2, 0.25) is 0 Å². The number of nitrogens with zero attached hydrogens (tertiary/aromatic N) is 4. The first-order chi connectivity index (χ1) is 13.1. The molecule has 0 bridgehead atoms. The molecule has 27 heavy (non-hydrogen) atoms. The Labute approximate surface area is 154 Å². The molecule has 1 fully saturated rings. The second-order valence-electron chi connectivity index (χ2n) is 6.43. The standard InChI is InChI=1S/C19H17FN4O3/c20-14-8-6-12(7-9-14)17-22-18(27-23-17)13-3-2-10-24(11-13)16-5-1-4-15(21-16)19(25)26/h1,4-9,13H,2-3,10-11H2,(H,25,26). The summed E-state index contributed by atoms with van der Waals surface area (Å²) < 4.78 is 18.5. The van der Waals surface area contributed by atoms with E-state index >= 15 is 0 Å². The van der Waals surface area contributed by atoms with Crippen LogP contribution in [0.15, 0.2) is 47.0 Å². The monoisotopic (exact) mass is 368 g/mol. The highest BCUT2D eigenvalue weighted by Gasteiger charge is 2.27. The van der Waals surface area contributed by atoms with Crippen LogP contribution in [-0.2, 0) is 0 Å². The SMILES string of the molecule is O=C(O)c1cccc(N2CCCC(c3nc(-c4ccc(F)cc4)no3)C2)n1. The van der Waals surface area contributed by atoms with E-state index in [4.69, 9.17) is 9.63 Å². The first-order valence-corrected chi connectivity index (χ1v) is 8.65. The Bertz CT molecular complexity index is 958. The highest BCUT2D eigenvalue weighted by Crippen LogP contribution is 2.29. The van der Waals surface area contributed by atoms with Crippen LogP contribution in [0.25, 0.3) is 11.4 Å². The lowest BCUT2D eigenvalue weighted by Gasteiger charge is -2.31. The predicted octanol–water partition coefficient (Wildman–Crippen LogP) is 3.35. The summed E-state index contributed by atoms with van der Waals surface area (Å²) in [7, 11) is 0. The van der Waals surface area contributed by atoms with Crippen molar-refractivity contribution in [3.8, 4) is 11.4 Å². The summed E-state index contributed by atoms with van der Waals surface area (Å²) in [6.07, 6.45) is 1.79. The largest absolute Gasteiger partial charge is 0.477 e. The third-order valence-corrected chi connectivity index (χ3v) is 4.59. The van der Waals surface area contributed by atoms with Crippen LogP contribution in [0, 0.1) is 5.82 Å². The molecule has 0 aliphatic carbocycles. The molecule has 0 spiro atoms. The Kier molecular flexibility index (Phi) is 4.53. The first-order valence-electron chi connectivity index (χ1n) is 8.65. The third-order valence-electron chi connectivity index (χ3n) is 4.59. The molecule has 1 aromatic carbocycles. The normalized spacial score (nSPS) is 17.1. The quantitative estimate of drug-likeness (QED) is 0.755. The van der Waals surface area contributed by atoms with Gasteiger partial charge in [0.1, 0.15) is 11.6 Å². The minimum absolute atomic E-state index is 0.0195. The van der Waals surface area contributed by atoms with Crippen molar-refractivity contribution in [2.24, 2.45) is 0 Å². The van der Waals surface area contributed by atoms with Crippen LogP contribution in [0.4, 0.5) is 10.2 Å². The molecule has 1 aliphatic heterocycles. The fourth-order valence-electron chi connectivity index (χ4n) is 3.22. The molecular formula is C19H17FN4O3. The predicted molar refractivity (Wildman–Crippen MR) is 95.1 cm³/mol. The zero-order chi connectivity index (χ0) is 18.8. The van der Waals surface area contributed by atoms with Crippen LogP contribution in [0.5, 0.6) is 0 Å². The average molecular weight is 368 g/mol. The van der Waals surface area contributed by atoms with E-state index in [1.165, 1.54) is 18.2 Å². The number of hydrogen-bond donors (Lipinski definition) is 1. The third kappa shape index (κ3) is 3.64. The van der Waals surface area contributed by atoms with Gasteiger partial charge in [0, 0.05) is 18.7 Å². The van der Waals surface area contributed by atoms with Gasteiger partial charge in [-0.1, -0.05) is 11.2 Å². The lowest BCUT2D eigenvalue weighted by atomic mass is 9.98. The molecule has 1 unspecified atom stereocenters. The summed E-state index contributed by atoms with van der Waals surface area (Å²) in [5.74, 6) is 0.225. The summed E-state index contributed by atoms with van der Waals surface area (Å²) in [6, 6.07) is 10.9. The number of carboxylic acid groups (broad SMARTS) is 1. The second kappa shape index (κ2) is 7.14. The van der Waals surface area contributed by atoms with Gasteiger partial charge in [-0.15, -0.1) is 0 Å². The van der Waals surface area contributed by atoms with E-state index < -0.39 is 5.97 Å². The summed E-state index contributed by atoms with van der Waals surface area (Å²) >= 11 is 0. The minimum Gasteiger partial charge on any atom is -0.477 e. The van der Waals surface area contributed by atoms with Crippen molar-refractivity contribution in [1.82, 2.24) is 15.1 Å². The van der Waals surface area contributed by atoms with Gasteiger partial charge in [-0.05, 0) is 49.2 Å². The van der Waals surface area contributed by atoms with Gasteiger partial charge in [0.25, 0.3) is 0 Å². The van der Waals surface area contributed by atoms with Crippen molar-refractivity contribution in [2.45, 2.75) is 18.8 Å². The van der Waals surface area contributed by atoms with Gasteiger partial charge < -0.3 is 14.5 Å². The summed E-state index contributed by atoms with van der Waals surface area (Å²) in [4.78, 5) is 21.8. The van der Waals surface area contributed by atoms with Crippen molar-refractivity contribution in [2.75, 3.05) is 18.0 Å². The Morgan fingerprint density at radius 1 is 1.19 bits per heavy atom. The van der Waals surface area contributed by atoms with Crippen LogP contribution >= 0.6 is 0 Å². The molecule has 0 saturated carbocycles. The molecule has 7 nitrogen and oxygen atoms in total. The highest BCUT2D eigenvalue weighted by molar-refractivity contribution is 5.85. The number of rotatable bonds is 4. The summed E-state index contributed by atoms with van der Waals surface area (Å²) in [5.41, 5.74) is 0.709. The van der Waals surface area contributed by atoms with Crippen LogP contribution in [0.3, 0.4) is 0 Å². The topological polar surface area (TPSA) is 92.3 Å². The first kappa shape index (κ1) is 17.1. The lowest BCUT2D eigenvalue weighted by molar-refractivity contribution is 0.0690. The lowest BCUT2D eigenvalue weighted by Crippen LogP contribution is -2.35. The van der Waals surface area contributed by atoms with Gasteiger partial charge in [-0.3, -0.25) is 0 Å². The van der Waals surface area contributed by atoms with Crippen LogP contribution in [0.1, 0.15) is 35.1 Å². The molecule has 1 saturated heterocycles. The number of carboxylic acids is 1. The smallest absolute Gasteiger partial charge is 0.354 e. The van der Waals surface area contributed by atoms with Crippen molar-refractivity contribution in [3.05, 3.63) is 59.9 Å². The second-order valence-corrected chi connectivity index (χ2v) is 6.43. The number of anilines is 1. The van der Waals surface area contributed by atoms with Gasteiger partial charge in [-0.2, -0.15) is 4.98 Å². The van der Waals surface area contributed by atoms with Crippen molar-refractivity contribution in [1.29, 1.82) is 0 Å². The zero-order valence-electron chi connectivity index (χ0n) is 14.4. The molecule has 2 aromatic heterocycles. The van der Waals surface area contributed by atoms with E-state index in [2.05, 4.69) is 15.1 Å². The molecule has 0 radical (unpaired) electrons. The molecule has 1 atom stereocenters. The van der Waals surface area contributed by atoms with Crippen molar-refractivity contribution >= 4 is 11.8 Å². The Hall–Kier alpha value is -3.29. The summed E-state index contributed by atoms with van der Waals surface area (Å²) in [6.45, 7) is 1.40. The number of hydrogen-bond acceptors (Lipinski definition) is 6. The van der Waals surface area contributed by atoms with Gasteiger partial charge in [0.05, 0.1) is 5.92 Å². The fourth-order valence-corrected chi connectivity index (χ4v) is 3.22. The van der Waals surface area contributed by atoms with Gasteiger partial charge >= 0.3 is 5.97 Å². The van der Waals surface area contributed by atoms with Gasteiger partial charge in [-0.25, -0.2) is 14.2 Å². The van der Waals surface area contributed by atoms with E-state index in [1.807, 2.05) is 4.90 Å². The maximum absolute atomic E-state index is 13.1. The fraction of sp³-hybridized carbons (Fsp3) is 0.263. The number of aromatic carboxylic acids is 1. The number of halogens is 1. The number of aromatic nitrogens is 3. The van der Waals surface area contributed by atoms with Crippen molar-refractivity contribution in [3.63, 3.8) is 0 Å². The van der Waals surface area contributed by atoms with E-state index in [0.29, 0.717) is 29.6 Å². The average Bonchev–Trinajstić information content (AvgIpc) is 3.19. The van der Waals surface area contributed by atoms with Gasteiger partial charge in [0.2, 0.25) is 11.7 Å². The molecule has 0 amide bonds. The molecule has 4 rings (SSSR count). The van der Waals surface area contributed by atoms with Crippen LogP contribution in [-0.4, -0.2) is 39.3 Å². The highest BCUT2D eigenvalue weighted by atomic mass is 19.1. The Morgan fingerprint density at radius 3 is 2.78 bits per heavy atom. The number of carbonyl (C=O) groups is 1. The maximum atomic E-state index is 13.1. The Morgan fingerprint density at radius 2 is 2.00 bits per heavy atom. The molecule has 8 heteroatoms. The molecule has 1 N–H and O–H groups in total.